The Balaban J connectivity index is 2.06. The molecule has 0 unspecified atom stereocenters. The summed E-state index contributed by atoms with van der Waals surface area (Å²) in [5.41, 5.74) is 3.71. The van der Waals surface area contributed by atoms with Crippen molar-refractivity contribution < 1.29 is 0 Å². The molecule has 0 fully saturated rings. The standard InChI is InChI=1S/C11H8Cl2N2S/c12-8-3-5-9(6-4-8)14-15-11(13)10-2-1-7-16-10/h1-7,14H/b15-11-. The van der Waals surface area contributed by atoms with Gasteiger partial charge in [0.2, 0.25) is 0 Å². The molecule has 2 rings (SSSR count). The molecule has 1 heterocycles. The van der Waals surface area contributed by atoms with Crippen LogP contribution in [0.4, 0.5) is 5.69 Å². The first-order valence-corrected chi connectivity index (χ1v) is 6.18. The topological polar surface area (TPSA) is 24.4 Å². The monoisotopic (exact) mass is 270 g/mol. The second-order valence-electron chi connectivity index (χ2n) is 3.00. The van der Waals surface area contributed by atoms with Gasteiger partial charge in [0.05, 0.1) is 10.6 Å². The maximum absolute atomic E-state index is 6.00. The number of rotatable bonds is 3. The number of halogens is 2. The number of nitrogens with one attached hydrogen (secondary N) is 1. The first-order valence-electron chi connectivity index (χ1n) is 4.54. The van der Waals surface area contributed by atoms with Crippen LogP contribution in [-0.2, 0) is 0 Å². The summed E-state index contributed by atoms with van der Waals surface area (Å²) >= 11 is 13.3. The molecule has 1 aromatic heterocycles. The minimum atomic E-state index is 0.449. The number of anilines is 1. The lowest BCUT2D eigenvalue weighted by atomic mass is 10.3. The molecule has 0 bridgehead atoms. The van der Waals surface area contributed by atoms with Crippen molar-refractivity contribution in [1.82, 2.24) is 0 Å². The van der Waals surface area contributed by atoms with Crippen molar-refractivity contribution in [3.63, 3.8) is 0 Å². The molecule has 0 saturated heterocycles. The molecule has 1 aromatic carbocycles. The van der Waals surface area contributed by atoms with E-state index in [0.717, 1.165) is 10.6 Å². The molecule has 0 aliphatic heterocycles. The summed E-state index contributed by atoms with van der Waals surface area (Å²) in [4.78, 5) is 0.933. The van der Waals surface area contributed by atoms with E-state index in [2.05, 4.69) is 10.5 Å². The van der Waals surface area contributed by atoms with Crippen molar-refractivity contribution in [3.05, 3.63) is 51.7 Å². The third-order valence-electron chi connectivity index (χ3n) is 1.85. The van der Waals surface area contributed by atoms with Crippen LogP contribution in [0.1, 0.15) is 4.88 Å². The van der Waals surface area contributed by atoms with Crippen LogP contribution < -0.4 is 5.43 Å². The van der Waals surface area contributed by atoms with E-state index in [1.807, 2.05) is 29.6 Å². The molecule has 2 nitrogen and oxygen atoms in total. The maximum Gasteiger partial charge on any atom is 0.166 e. The third kappa shape index (κ3) is 2.98. The van der Waals surface area contributed by atoms with E-state index in [9.17, 15) is 0 Å². The van der Waals surface area contributed by atoms with Gasteiger partial charge in [-0.2, -0.15) is 5.10 Å². The van der Waals surface area contributed by atoms with Gasteiger partial charge in [-0.05, 0) is 35.7 Å². The van der Waals surface area contributed by atoms with Gasteiger partial charge in [0.25, 0.3) is 0 Å². The lowest BCUT2D eigenvalue weighted by Crippen LogP contribution is -1.94. The van der Waals surface area contributed by atoms with E-state index >= 15 is 0 Å². The van der Waals surface area contributed by atoms with E-state index in [-0.39, 0.29) is 0 Å². The van der Waals surface area contributed by atoms with Crippen molar-refractivity contribution in [2.75, 3.05) is 5.43 Å². The van der Waals surface area contributed by atoms with E-state index in [4.69, 9.17) is 23.2 Å². The van der Waals surface area contributed by atoms with Crippen LogP contribution in [0.3, 0.4) is 0 Å². The van der Waals surface area contributed by atoms with Crippen LogP contribution in [-0.4, -0.2) is 5.17 Å². The van der Waals surface area contributed by atoms with Gasteiger partial charge in [0, 0.05) is 5.02 Å². The Morgan fingerprint density at radius 3 is 2.56 bits per heavy atom. The Hall–Kier alpha value is -1.03. The van der Waals surface area contributed by atoms with Crippen LogP contribution in [0.5, 0.6) is 0 Å². The lowest BCUT2D eigenvalue weighted by molar-refractivity contribution is 1.35. The van der Waals surface area contributed by atoms with Crippen LogP contribution in [0.2, 0.25) is 5.02 Å². The quantitative estimate of drug-likeness (QED) is 0.648. The summed E-state index contributed by atoms with van der Waals surface area (Å²) in [7, 11) is 0. The summed E-state index contributed by atoms with van der Waals surface area (Å²) in [6.45, 7) is 0. The molecule has 2 aromatic rings. The molecular formula is C11H8Cl2N2S. The van der Waals surface area contributed by atoms with Gasteiger partial charge < -0.3 is 0 Å². The van der Waals surface area contributed by atoms with E-state index < -0.39 is 0 Å². The largest absolute Gasteiger partial charge is 0.277 e. The average Bonchev–Trinajstić information content (AvgIpc) is 2.81. The minimum absolute atomic E-state index is 0.449. The Morgan fingerprint density at radius 1 is 1.19 bits per heavy atom. The fourth-order valence-corrected chi connectivity index (χ4v) is 2.06. The van der Waals surface area contributed by atoms with Crippen molar-refractivity contribution in [1.29, 1.82) is 0 Å². The zero-order chi connectivity index (χ0) is 11.4. The van der Waals surface area contributed by atoms with Gasteiger partial charge in [0.1, 0.15) is 0 Å². The second kappa shape index (κ2) is 5.34. The van der Waals surface area contributed by atoms with Gasteiger partial charge >= 0.3 is 0 Å². The number of nitrogens with zero attached hydrogens (tertiary/aromatic N) is 1. The number of hydrogen-bond acceptors (Lipinski definition) is 3. The molecule has 0 amide bonds. The highest BCUT2D eigenvalue weighted by atomic mass is 35.5. The van der Waals surface area contributed by atoms with Gasteiger partial charge in [-0.15, -0.1) is 11.3 Å². The molecule has 0 aliphatic rings. The highest BCUT2D eigenvalue weighted by Gasteiger charge is 1.99. The van der Waals surface area contributed by atoms with E-state index in [1.165, 1.54) is 0 Å². The van der Waals surface area contributed by atoms with Gasteiger partial charge in [-0.3, -0.25) is 5.43 Å². The van der Waals surface area contributed by atoms with Crippen LogP contribution >= 0.6 is 34.5 Å². The smallest absolute Gasteiger partial charge is 0.166 e. The number of hydrazone groups is 1. The first-order chi connectivity index (χ1) is 7.75. The number of hydrogen-bond donors (Lipinski definition) is 1. The summed E-state index contributed by atoms with van der Waals surface area (Å²) < 4.78 is 0. The normalized spacial score (nSPS) is 11.5. The Kier molecular flexibility index (Phi) is 3.83. The number of thiophene rings is 1. The molecule has 5 heteroatoms. The molecule has 0 aliphatic carbocycles. The SMILES string of the molecule is Cl/C(=N\Nc1ccc(Cl)cc1)c1cccs1. The highest BCUT2D eigenvalue weighted by Crippen LogP contribution is 2.15. The molecule has 0 radical (unpaired) electrons. The molecule has 0 saturated carbocycles. The zero-order valence-corrected chi connectivity index (χ0v) is 10.5. The predicted octanol–water partition coefficient (Wildman–Crippen LogP) is 4.41. The van der Waals surface area contributed by atoms with Gasteiger partial charge in [-0.25, -0.2) is 0 Å². The van der Waals surface area contributed by atoms with E-state index in [1.54, 1.807) is 23.5 Å². The summed E-state index contributed by atoms with van der Waals surface area (Å²) in [6, 6.07) is 11.1. The molecule has 16 heavy (non-hydrogen) atoms. The molecule has 1 N–H and O–H groups in total. The Labute approximate surface area is 108 Å². The zero-order valence-electron chi connectivity index (χ0n) is 8.15. The van der Waals surface area contributed by atoms with Gasteiger partial charge in [-0.1, -0.05) is 29.3 Å². The fourth-order valence-electron chi connectivity index (χ4n) is 1.09. The average molecular weight is 271 g/mol. The first kappa shape index (κ1) is 11.5. The maximum atomic E-state index is 6.00. The Morgan fingerprint density at radius 2 is 1.94 bits per heavy atom. The molecular weight excluding hydrogens is 263 g/mol. The second-order valence-corrected chi connectivity index (χ2v) is 4.74. The Bertz CT molecular complexity index is 477. The summed E-state index contributed by atoms with van der Waals surface area (Å²) in [5.74, 6) is 0. The molecule has 82 valence electrons. The van der Waals surface area contributed by atoms with Gasteiger partial charge in [0.15, 0.2) is 5.17 Å². The lowest BCUT2D eigenvalue weighted by Gasteiger charge is -2.00. The van der Waals surface area contributed by atoms with Crippen molar-refractivity contribution in [3.8, 4) is 0 Å². The van der Waals surface area contributed by atoms with Crippen LogP contribution in [0.15, 0.2) is 46.9 Å². The van der Waals surface area contributed by atoms with Crippen molar-refractivity contribution in [2.24, 2.45) is 5.10 Å². The summed E-state index contributed by atoms with van der Waals surface area (Å²) in [6.07, 6.45) is 0. The van der Waals surface area contributed by atoms with E-state index in [0.29, 0.717) is 10.2 Å². The highest BCUT2D eigenvalue weighted by molar-refractivity contribution is 7.14. The molecule has 0 spiro atoms. The third-order valence-corrected chi connectivity index (χ3v) is 3.38. The van der Waals surface area contributed by atoms with Crippen molar-refractivity contribution >= 4 is 45.4 Å². The van der Waals surface area contributed by atoms with Crippen molar-refractivity contribution in [2.45, 2.75) is 0 Å². The fraction of sp³-hybridized carbons (Fsp3) is 0. The van der Waals surface area contributed by atoms with Crippen LogP contribution in [0.25, 0.3) is 0 Å². The minimum Gasteiger partial charge on any atom is -0.277 e. The van der Waals surface area contributed by atoms with Crippen LogP contribution in [0, 0.1) is 0 Å². The molecule has 0 atom stereocenters. The number of benzene rings is 1. The predicted molar refractivity (Wildman–Crippen MR) is 71.8 cm³/mol. The summed E-state index contributed by atoms with van der Waals surface area (Å²) in [5, 5.41) is 7.16.